The molecule has 1 amide bonds. The summed E-state index contributed by atoms with van der Waals surface area (Å²) in [5.74, 6) is 0.420. The van der Waals surface area contributed by atoms with Crippen LogP contribution in [0.2, 0.25) is 0 Å². The summed E-state index contributed by atoms with van der Waals surface area (Å²) in [6.07, 6.45) is 0. The number of ether oxygens (including phenoxy) is 1. The van der Waals surface area contributed by atoms with Crippen LogP contribution >= 0.6 is 15.9 Å². The van der Waals surface area contributed by atoms with E-state index in [0.717, 1.165) is 21.4 Å². The molecule has 0 radical (unpaired) electrons. The van der Waals surface area contributed by atoms with Gasteiger partial charge in [-0.15, -0.1) is 10.2 Å². The van der Waals surface area contributed by atoms with Gasteiger partial charge in [0, 0.05) is 23.1 Å². The number of nitrogens with zero attached hydrogens (tertiary/aromatic N) is 3. The Balaban J connectivity index is 1.75. The number of halogens is 1. The van der Waals surface area contributed by atoms with Crippen LogP contribution in [0.5, 0.6) is 5.75 Å². The lowest BCUT2D eigenvalue weighted by molar-refractivity contribution is 0.0975. The molecule has 0 bridgehead atoms. The van der Waals surface area contributed by atoms with Gasteiger partial charge in [0.15, 0.2) is 11.5 Å². The molecule has 34 heavy (non-hydrogen) atoms. The fourth-order valence-electron chi connectivity index (χ4n) is 3.02. The standard InChI is InChI=1S/C24H25BrN4O4S/c1-4-29(15-18-14-19(25)10-12-22(18)33-16-17(2)3)23-13-11-21(26-27-23)24(30)28-34(31,32)20-8-6-5-7-9-20/h5-14H,2,4,15-16H2,1,3H3,(H,28,30). The van der Waals surface area contributed by atoms with E-state index in [1.807, 2.05) is 41.7 Å². The molecular weight excluding hydrogens is 520 g/mol. The minimum Gasteiger partial charge on any atom is -0.489 e. The van der Waals surface area contributed by atoms with Gasteiger partial charge in [0.25, 0.3) is 15.9 Å². The molecule has 1 N–H and O–H groups in total. The maximum Gasteiger partial charge on any atom is 0.285 e. The van der Waals surface area contributed by atoms with Gasteiger partial charge in [0.05, 0.1) is 4.90 Å². The minimum absolute atomic E-state index is 0.0104. The van der Waals surface area contributed by atoms with Crippen molar-refractivity contribution in [3.05, 3.63) is 88.5 Å². The monoisotopic (exact) mass is 544 g/mol. The second-order valence-corrected chi connectivity index (χ2v) is 10.1. The van der Waals surface area contributed by atoms with E-state index >= 15 is 0 Å². The number of amides is 1. The summed E-state index contributed by atoms with van der Waals surface area (Å²) in [6, 6.07) is 16.5. The highest BCUT2D eigenvalue weighted by Gasteiger charge is 2.20. The van der Waals surface area contributed by atoms with Crippen LogP contribution in [0.15, 0.2) is 82.2 Å². The zero-order valence-corrected chi connectivity index (χ0v) is 21.3. The van der Waals surface area contributed by atoms with Gasteiger partial charge in [0.1, 0.15) is 12.4 Å². The zero-order valence-electron chi connectivity index (χ0n) is 18.9. The molecule has 3 rings (SSSR count). The molecule has 0 aliphatic carbocycles. The van der Waals surface area contributed by atoms with Crippen LogP contribution in [-0.4, -0.2) is 37.7 Å². The second-order valence-electron chi connectivity index (χ2n) is 7.54. The van der Waals surface area contributed by atoms with E-state index in [0.29, 0.717) is 25.5 Å². The van der Waals surface area contributed by atoms with Gasteiger partial charge in [-0.25, -0.2) is 13.1 Å². The van der Waals surface area contributed by atoms with Gasteiger partial charge >= 0.3 is 0 Å². The topological polar surface area (TPSA) is 101 Å². The Kier molecular flexibility index (Phi) is 8.41. The third-order valence-corrected chi connectivity index (χ3v) is 6.57. The molecule has 178 valence electrons. The first-order valence-electron chi connectivity index (χ1n) is 10.5. The minimum atomic E-state index is -4.00. The Morgan fingerprint density at radius 3 is 2.47 bits per heavy atom. The first-order valence-corrected chi connectivity index (χ1v) is 12.7. The van der Waals surface area contributed by atoms with Crippen LogP contribution in [0.4, 0.5) is 5.82 Å². The summed E-state index contributed by atoms with van der Waals surface area (Å²) in [6.45, 7) is 9.27. The SMILES string of the molecule is C=C(C)COc1ccc(Br)cc1CN(CC)c1ccc(C(=O)NS(=O)(=O)c2ccccc2)nn1. The largest absolute Gasteiger partial charge is 0.489 e. The van der Waals surface area contributed by atoms with E-state index in [1.54, 1.807) is 24.3 Å². The number of rotatable bonds is 10. The van der Waals surface area contributed by atoms with Gasteiger partial charge in [0.2, 0.25) is 0 Å². The number of sulfonamides is 1. The van der Waals surface area contributed by atoms with Crippen LogP contribution < -0.4 is 14.4 Å². The van der Waals surface area contributed by atoms with E-state index in [2.05, 4.69) is 32.7 Å². The van der Waals surface area contributed by atoms with E-state index < -0.39 is 15.9 Å². The molecule has 0 aliphatic heterocycles. The highest BCUT2D eigenvalue weighted by Crippen LogP contribution is 2.26. The second kappa shape index (κ2) is 11.3. The molecule has 8 nitrogen and oxygen atoms in total. The van der Waals surface area contributed by atoms with Crippen molar-refractivity contribution in [2.75, 3.05) is 18.1 Å². The Hall–Kier alpha value is -3.24. The van der Waals surface area contributed by atoms with Crippen molar-refractivity contribution >= 4 is 37.7 Å². The van der Waals surface area contributed by atoms with E-state index in [-0.39, 0.29) is 10.6 Å². The molecule has 0 fully saturated rings. The Bertz CT molecular complexity index is 1270. The van der Waals surface area contributed by atoms with E-state index in [4.69, 9.17) is 4.74 Å². The molecule has 0 spiro atoms. The van der Waals surface area contributed by atoms with Crippen molar-refractivity contribution in [2.24, 2.45) is 0 Å². The Morgan fingerprint density at radius 1 is 1.12 bits per heavy atom. The molecular formula is C24H25BrN4O4S. The van der Waals surface area contributed by atoms with Gasteiger partial charge in [-0.05, 0) is 61.9 Å². The maximum atomic E-state index is 12.4. The number of carbonyl (C=O) groups is 1. The predicted molar refractivity (Wildman–Crippen MR) is 134 cm³/mol. The number of anilines is 1. The van der Waals surface area contributed by atoms with Crippen LogP contribution in [0.3, 0.4) is 0 Å². The molecule has 10 heteroatoms. The Labute approximate surface area is 207 Å². The van der Waals surface area contributed by atoms with E-state index in [1.165, 1.54) is 18.2 Å². The van der Waals surface area contributed by atoms with Crippen LogP contribution in [0.1, 0.15) is 29.9 Å². The normalized spacial score (nSPS) is 11.0. The average molecular weight is 545 g/mol. The van der Waals surface area contributed by atoms with E-state index in [9.17, 15) is 13.2 Å². The Morgan fingerprint density at radius 2 is 1.85 bits per heavy atom. The fraction of sp³-hybridized carbons (Fsp3) is 0.208. The number of benzene rings is 2. The maximum absolute atomic E-state index is 12.4. The average Bonchev–Trinajstić information content (AvgIpc) is 2.82. The van der Waals surface area contributed by atoms with Crippen molar-refractivity contribution < 1.29 is 17.9 Å². The van der Waals surface area contributed by atoms with Gasteiger partial charge in [-0.3, -0.25) is 4.79 Å². The third-order valence-electron chi connectivity index (χ3n) is 4.73. The number of hydrogen-bond donors (Lipinski definition) is 1. The molecule has 1 heterocycles. The quantitative estimate of drug-likeness (QED) is 0.379. The van der Waals surface area contributed by atoms with Crippen LogP contribution in [0, 0.1) is 0 Å². The fourth-order valence-corrected chi connectivity index (χ4v) is 4.41. The van der Waals surface area contributed by atoms with Gasteiger partial charge in [-0.2, -0.15) is 0 Å². The molecule has 3 aromatic rings. The van der Waals surface area contributed by atoms with Crippen LogP contribution in [-0.2, 0) is 16.6 Å². The lowest BCUT2D eigenvalue weighted by Gasteiger charge is -2.23. The third kappa shape index (κ3) is 6.64. The number of carbonyl (C=O) groups excluding carboxylic acids is 1. The summed E-state index contributed by atoms with van der Waals surface area (Å²) >= 11 is 3.50. The summed E-state index contributed by atoms with van der Waals surface area (Å²) in [7, 11) is -4.00. The van der Waals surface area contributed by atoms with Gasteiger partial charge < -0.3 is 9.64 Å². The number of nitrogens with one attached hydrogen (secondary N) is 1. The summed E-state index contributed by atoms with van der Waals surface area (Å²) in [5, 5.41) is 8.10. The van der Waals surface area contributed by atoms with Crippen molar-refractivity contribution in [2.45, 2.75) is 25.3 Å². The zero-order chi connectivity index (χ0) is 24.7. The smallest absolute Gasteiger partial charge is 0.285 e. The molecule has 1 aromatic heterocycles. The summed E-state index contributed by atoms with van der Waals surface area (Å²) in [5.41, 5.74) is 1.75. The molecule has 2 aromatic carbocycles. The first-order chi connectivity index (χ1) is 16.2. The summed E-state index contributed by atoms with van der Waals surface area (Å²) < 4.78 is 33.6. The van der Waals surface area contributed by atoms with Gasteiger partial charge in [-0.1, -0.05) is 40.7 Å². The lowest BCUT2D eigenvalue weighted by atomic mass is 10.2. The number of hydrogen-bond acceptors (Lipinski definition) is 7. The molecule has 0 unspecified atom stereocenters. The molecule has 0 aliphatic rings. The van der Waals surface area contributed by atoms with Crippen molar-refractivity contribution in [3.8, 4) is 5.75 Å². The van der Waals surface area contributed by atoms with Crippen molar-refractivity contribution in [1.82, 2.24) is 14.9 Å². The summed E-state index contributed by atoms with van der Waals surface area (Å²) in [4.78, 5) is 14.4. The number of aromatic nitrogens is 2. The lowest BCUT2D eigenvalue weighted by Crippen LogP contribution is -2.31. The predicted octanol–water partition coefficient (Wildman–Crippen LogP) is 4.34. The van der Waals surface area contributed by atoms with Crippen LogP contribution in [0.25, 0.3) is 0 Å². The molecule has 0 saturated carbocycles. The molecule has 0 atom stereocenters. The van der Waals surface area contributed by atoms with Crippen molar-refractivity contribution in [3.63, 3.8) is 0 Å². The highest BCUT2D eigenvalue weighted by molar-refractivity contribution is 9.10. The molecule has 0 saturated heterocycles. The highest BCUT2D eigenvalue weighted by atomic mass is 79.9. The van der Waals surface area contributed by atoms with Crippen molar-refractivity contribution in [1.29, 1.82) is 0 Å². The first kappa shape index (κ1) is 25.4.